The van der Waals surface area contributed by atoms with Gasteiger partial charge in [0.1, 0.15) is 0 Å². The summed E-state index contributed by atoms with van der Waals surface area (Å²) in [5.41, 5.74) is 0.551. The topological polar surface area (TPSA) is 70.9 Å². The van der Waals surface area contributed by atoms with Crippen LogP contribution < -0.4 is 15.1 Å². The third-order valence-corrected chi connectivity index (χ3v) is 3.57. The van der Waals surface area contributed by atoms with E-state index >= 15 is 0 Å². The Morgan fingerprint density at radius 2 is 1.96 bits per heavy atom. The average Bonchev–Trinajstić information content (AvgIpc) is 2.61. The van der Waals surface area contributed by atoms with E-state index in [4.69, 9.17) is 11.6 Å². The lowest BCUT2D eigenvalue weighted by molar-refractivity contribution is -0.869. The van der Waals surface area contributed by atoms with Crippen LogP contribution in [-0.4, -0.2) is 43.4 Å². The maximum atomic E-state index is 12.1. The van der Waals surface area contributed by atoms with Crippen molar-refractivity contribution in [1.82, 2.24) is 5.32 Å². The van der Waals surface area contributed by atoms with Gasteiger partial charge in [-0.05, 0) is 39.0 Å². The molecule has 0 saturated carbocycles. The number of ketones is 1. The zero-order valence-electron chi connectivity index (χ0n) is 13.7. The second-order valence-electron chi connectivity index (χ2n) is 6.81. The summed E-state index contributed by atoms with van der Waals surface area (Å²) in [6.45, 7) is 6.16. The number of nitrogens with one attached hydrogen (secondary N) is 2. The van der Waals surface area contributed by atoms with Crippen LogP contribution in [0.5, 0.6) is 0 Å². The molecule has 2 rings (SSSR count). The molecular weight excluding hydrogens is 318 g/mol. The first-order valence-electron chi connectivity index (χ1n) is 7.36. The maximum absolute atomic E-state index is 12.1. The molecule has 0 radical (unpaired) electrons. The van der Waals surface area contributed by atoms with E-state index in [1.165, 1.54) is 11.0 Å². The SMILES string of the molecule is C[NH+](CC(=O)NC(C)(C)C)CN1C(=O)C(=O)c2cc(Cl)ccc21. The Hall–Kier alpha value is -1.92. The fourth-order valence-corrected chi connectivity index (χ4v) is 2.66. The van der Waals surface area contributed by atoms with Gasteiger partial charge in [0.2, 0.25) is 0 Å². The number of hydrogen-bond donors (Lipinski definition) is 2. The minimum Gasteiger partial charge on any atom is -0.347 e. The minimum absolute atomic E-state index is 0.107. The van der Waals surface area contributed by atoms with Gasteiger partial charge in [0.15, 0.2) is 13.2 Å². The molecule has 0 saturated heterocycles. The third-order valence-electron chi connectivity index (χ3n) is 3.34. The van der Waals surface area contributed by atoms with Gasteiger partial charge < -0.3 is 10.2 Å². The summed E-state index contributed by atoms with van der Waals surface area (Å²) < 4.78 is 0. The number of nitrogens with zero attached hydrogens (tertiary/aromatic N) is 1. The number of benzene rings is 1. The van der Waals surface area contributed by atoms with Crippen molar-refractivity contribution in [2.45, 2.75) is 26.3 Å². The van der Waals surface area contributed by atoms with Gasteiger partial charge in [-0.2, -0.15) is 0 Å². The lowest BCUT2D eigenvalue weighted by atomic mass is 10.1. The van der Waals surface area contributed by atoms with Gasteiger partial charge in [-0.25, -0.2) is 0 Å². The van der Waals surface area contributed by atoms with Crippen LogP contribution in [0, 0.1) is 0 Å². The van der Waals surface area contributed by atoms with Gasteiger partial charge in [-0.3, -0.25) is 19.3 Å². The Balaban J connectivity index is 2.07. The number of rotatable bonds is 4. The first-order valence-corrected chi connectivity index (χ1v) is 7.74. The van der Waals surface area contributed by atoms with Crippen molar-refractivity contribution in [3.63, 3.8) is 0 Å². The van der Waals surface area contributed by atoms with Gasteiger partial charge >= 0.3 is 5.91 Å². The van der Waals surface area contributed by atoms with Crippen LogP contribution in [0.25, 0.3) is 0 Å². The third kappa shape index (κ3) is 4.09. The number of carbonyl (C=O) groups excluding carboxylic acids is 3. The molecule has 1 heterocycles. The van der Waals surface area contributed by atoms with Crippen LogP contribution in [0.4, 0.5) is 5.69 Å². The summed E-state index contributed by atoms with van der Waals surface area (Å²) in [5, 5.41) is 3.29. The smallest absolute Gasteiger partial charge is 0.303 e. The molecule has 1 unspecified atom stereocenters. The molecule has 0 spiro atoms. The highest BCUT2D eigenvalue weighted by molar-refractivity contribution is 6.52. The summed E-state index contributed by atoms with van der Waals surface area (Å²) in [4.78, 5) is 38.3. The van der Waals surface area contributed by atoms with E-state index < -0.39 is 11.7 Å². The Kier molecular flexibility index (Phi) is 4.77. The normalized spacial score (nSPS) is 15.6. The fourth-order valence-electron chi connectivity index (χ4n) is 2.49. The second-order valence-corrected chi connectivity index (χ2v) is 7.25. The summed E-state index contributed by atoms with van der Waals surface area (Å²) >= 11 is 5.88. The molecule has 1 aromatic rings. The van der Waals surface area contributed by atoms with Crippen LogP contribution in [0.15, 0.2) is 18.2 Å². The molecule has 124 valence electrons. The van der Waals surface area contributed by atoms with E-state index in [0.717, 1.165) is 4.90 Å². The zero-order valence-corrected chi connectivity index (χ0v) is 14.5. The maximum Gasteiger partial charge on any atom is 0.303 e. The summed E-state index contributed by atoms with van der Waals surface area (Å²) in [6.07, 6.45) is 0. The Morgan fingerprint density at radius 1 is 1.30 bits per heavy atom. The van der Waals surface area contributed by atoms with Crippen molar-refractivity contribution in [3.05, 3.63) is 28.8 Å². The van der Waals surface area contributed by atoms with Crippen LogP contribution in [0.3, 0.4) is 0 Å². The molecule has 0 fully saturated rings. The number of carbonyl (C=O) groups is 3. The Morgan fingerprint density at radius 3 is 2.57 bits per heavy atom. The van der Waals surface area contributed by atoms with Crippen molar-refractivity contribution < 1.29 is 19.3 Å². The Bertz CT molecular complexity index is 667. The largest absolute Gasteiger partial charge is 0.347 e. The van der Waals surface area contributed by atoms with Gasteiger partial charge in [0.25, 0.3) is 11.7 Å². The lowest BCUT2D eigenvalue weighted by Crippen LogP contribution is -3.12. The number of anilines is 1. The van der Waals surface area contributed by atoms with E-state index in [0.29, 0.717) is 16.3 Å². The van der Waals surface area contributed by atoms with Crippen LogP contribution in [-0.2, 0) is 9.59 Å². The fraction of sp³-hybridized carbons (Fsp3) is 0.438. The predicted molar refractivity (Wildman–Crippen MR) is 87.8 cm³/mol. The molecule has 2 amide bonds. The molecule has 1 aromatic carbocycles. The molecule has 7 heteroatoms. The number of likely N-dealkylation sites (N-methyl/N-ethyl adjacent to an activating group) is 1. The van der Waals surface area contributed by atoms with Crippen LogP contribution in [0.1, 0.15) is 31.1 Å². The predicted octanol–water partition coefficient (Wildman–Crippen LogP) is 0.256. The van der Waals surface area contributed by atoms with Crippen LogP contribution in [0.2, 0.25) is 5.02 Å². The van der Waals surface area contributed by atoms with Gasteiger partial charge in [0.05, 0.1) is 18.3 Å². The lowest BCUT2D eigenvalue weighted by Gasteiger charge is -2.24. The number of hydrogen-bond acceptors (Lipinski definition) is 3. The van der Waals surface area contributed by atoms with E-state index in [1.54, 1.807) is 19.2 Å². The Labute approximate surface area is 140 Å². The molecule has 1 atom stereocenters. The molecular formula is C16H21ClN3O3+. The molecule has 1 aliphatic rings. The number of halogens is 1. The molecule has 0 aromatic heterocycles. The van der Waals surface area contributed by atoms with Crippen molar-refractivity contribution in [2.24, 2.45) is 0 Å². The molecule has 6 nitrogen and oxygen atoms in total. The average molecular weight is 339 g/mol. The first kappa shape index (κ1) is 17.4. The van der Waals surface area contributed by atoms with Gasteiger partial charge in [-0.1, -0.05) is 11.6 Å². The molecule has 23 heavy (non-hydrogen) atoms. The number of fused-ring (bicyclic) bond motifs is 1. The van der Waals surface area contributed by atoms with Crippen molar-refractivity contribution in [3.8, 4) is 0 Å². The van der Waals surface area contributed by atoms with Crippen molar-refractivity contribution >= 4 is 34.9 Å². The molecule has 0 bridgehead atoms. The number of Topliss-reactive ketones (excluding diaryl/α,β-unsaturated/α-hetero) is 1. The standard InChI is InChI=1S/C16H20ClN3O3/c1-16(2,3)18-13(21)8-19(4)9-20-12-6-5-10(17)7-11(12)14(22)15(20)23/h5-7H,8-9H2,1-4H3,(H,18,21)/p+1. The second kappa shape index (κ2) is 6.29. The summed E-state index contributed by atoms with van der Waals surface area (Å²) in [6, 6.07) is 4.79. The van der Waals surface area contributed by atoms with Gasteiger partial charge in [0, 0.05) is 10.6 Å². The number of amides is 2. The zero-order chi connectivity index (χ0) is 17.4. The van der Waals surface area contributed by atoms with E-state index in [2.05, 4.69) is 5.32 Å². The summed E-state index contributed by atoms with van der Waals surface area (Å²) in [7, 11) is 1.80. The van der Waals surface area contributed by atoms with E-state index in [9.17, 15) is 14.4 Å². The molecule has 1 aliphatic heterocycles. The van der Waals surface area contributed by atoms with Crippen molar-refractivity contribution in [1.29, 1.82) is 0 Å². The monoisotopic (exact) mass is 338 g/mol. The van der Waals surface area contributed by atoms with Gasteiger partial charge in [-0.15, -0.1) is 0 Å². The highest BCUT2D eigenvalue weighted by atomic mass is 35.5. The number of quaternary nitrogens is 1. The summed E-state index contributed by atoms with van der Waals surface area (Å²) in [5.74, 6) is -1.25. The minimum atomic E-state index is -0.585. The first-order chi connectivity index (χ1) is 10.6. The van der Waals surface area contributed by atoms with E-state index in [-0.39, 0.29) is 24.7 Å². The van der Waals surface area contributed by atoms with Crippen LogP contribution >= 0.6 is 11.6 Å². The van der Waals surface area contributed by atoms with E-state index in [1.807, 2.05) is 20.8 Å². The highest BCUT2D eigenvalue weighted by Crippen LogP contribution is 2.30. The quantitative estimate of drug-likeness (QED) is 0.773. The highest BCUT2D eigenvalue weighted by Gasteiger charge is 2.37. The van der Waals surface area contributed by atoms with Crippen molar-refractivity contribution in [2.75, 3.05) is 25.2 Å². The molecule has 0 aliphatic carbocycles. The molecule has 2 N–H and O–H groups in total.